The fraction of sp³-hybridized carbons (Fsp3) is 0.519. The standard InChI is InChI=1S/C27H35N5O3/c1-27(2,3)35-26(33)31(17-19-9-6-5-7-10-19)22-15-24(34-21-11-8-14-30(4)18-21)29-32-23(20-12-13-20)16-28-25(22)32/h5-7,9-10,15-16,20-21H,8,11-14,17-18H2,1-4H3/t21-/m1/s1. The molecule has 0 unspecified atom stereocenters. The fourth-order valence-corrected chi connectivity index (χ4v) is 4.58. The molecule has 0 bridgehead atoms. The molecule has 8 heteroatoms. The van der Waals surface area contributed by atoms with E-state index in [1.165, 1.54) is 0 Å². The molecule has 2 fully saturated rings. The molecule has 2 aromatic heterocycles. The number of imidazole rings is 1. The smallest absolute Gasteiger partial charge is 0.415 e. The van der Waals surface area contributed by atoms with Crippen LogP contribution in [-0.2, 0) is 11.3 Å². The molecule has 2 aliphatic rings. The largest absolute Gasteiger partial charge is 0.472 e. The zero-order chi connectivity index (χ0) is 24.6. The van der Waals surface area contributed by atoms with Gasteiger partial charge in [0.2, 0.25) is 5.88 Å². The summed E-state index contributed by atoms with van der Waals surface area (Å²) in [5, 5.41) is 4.83. The van der Waals surface area contributed by atoms with Crippen LogP contribution in [0.15, 0.2) is 42.6 Å². The molecular weight excluding hydrogens is 442 g/mol. The maximum atomic E-state index is 13.5. The average molecular weight is 478 g/mol. The number of nitrogens with zero attached hydrogens (tertiary/aromatic N) is 5. The van der Waals surface area contributed by atoms with Crippen molar-refractivity contribution in [1.82, 2.24) is 19.5 Å². The second-order valence-electron chi connectivity index (χ2n) is 10.8. The summed E-state index contributed by atoms with van der Waals surface area (Å²) in [5.74, 6) is 0.958. The van der Waals surface area contributed by atoms with E-state index in [0.717, 1.165) is 50.0 Å². The normalized spacial score (nSPS) is 19.0. The molecule has 1 aliphatic heterocycles. The van der Waals surface area contributed by atoms with E-state index in [2.05, 4.69) is 11.9 Å². The molecule has 0 spiro atoms. The molecule has 1 amide bonds. The third kappa shape index (κ3) is 5.59. The lowest BCUT2D eigenvalue weighted by Gasteiger charge is -2.30. The quantitative estimate of drug-likeness (QED) is 0.496. The van der Waals surface area contributed by atoms with E-state index in [0.29, 0.717) is 29.7 Å². The Morgan fingerprint density at radius 3 is 2.63 bits per heavy atom. The van der Waals surface area contributed by atoms with Crippen LogP contribution in [0.4, 0.5) is 10.5 Å². The van der Waals surface area contributed by atoms with Crippen molar-refractivity contribution in [2.75, 3.05) is 25.0 Å². The van der Waals surface area contributed by atoms with Crippen molar-refractivity contribution >= 4 is 17.4 Å². The Labute approximate surface area is 206 Å². The van der Waals surface area contributed by atoms with Crippen molar-refractivity contribution < 1.29 is 14.3 Å². The van der Waals surface area contributed by atoms with Gasteiger partial charge in [0.1, 0.15) is 11.7 Å². The van der Waals surface area contributed by atoms with Crippen LogP contribution in [0.25, 0.3) is 5.65 Å². The van der Waals surface area contributed by atoms with Crippen molar-refractivity contribution in [3.05, 3.63) is 53.9 Å². The van der Waals surface area contributed by atoms with Gasteiger partial charge in [-0.25, -0.2) is 14.3 Å². The lowest BCUT2D eigenvalue weighted by Crippen LogP contribution is -2.39. The molecule has 3 heterocycles. The molecule has 0 radical (unpaired) electrons. The summed E-state index contributed by atoms with van der Waals surface area (Å²) in [6, 6.07) is 11.8. The van der Waals surface area contributed by atoms with E-state index >= 15 is 0 Å². The Bertz CT molecular complexity index is 1180. The molecule has 1 aliphatic carbocycles. The predicted octanol–water partition coefficient (Wildman–Crippen LogP) is 5.02. The fourth-order valence-electron chi connectivity index (χ4n) is 4.58. The van der Waals surface area contributed by atoms with Crippen LogP contribution in [0.1, 0.15) is 63.6 Å². The van der Waals surface area contributed by atoms with Gasteiger partial charge >= 0.3 is 6.09 Å². The first-order chi connectivity index (χ1) is 16.8. The number of fused-ring (bicyclic) bond motifs is 1. The van der Waals surface area contributed by atoms with Crippen molar-refractivity contribution in [2.45, 2.75) is 70.6 Å². The predicted molar refractivity (Wildman–Crippen MR) is 135 cm³/mol. The Morgan fingerprint density at radius 2 is 1.94 bits per heavy atom. The number of aromatic nitrogens is 3. The molecular formula is C27H35N5O3. The van der Waals surface area contributed by atoms with E-state index < -0.39 is 11.7 Å². The molecule has 35 heavy (non-hydrogen) atoms. The number of hydrogen-bond acceptors (Lipinski definition) is 6. The van der Waals surface area contributed by atoms with Gasteiger partial charge < -0.3 is 14.4 Å². The van der Waals surface area contributed by atoms with Gasteiger partial charge in [-0.05, 0) is 65.6 Å². The minimum Gasteiger partial charge on any atom is -0.472 e. The van der Waals surface area contributed by atoms with E-state index in [1.54, 1.807) is 4.90 Å². The number of rotatable bonds is 6. The first-order valence-electron chi connectivity index (χ1n) is 12.5. The lowest BCUT2D eigenvalue weighted by molar-refractivity contribution is 0.0577. The first kappa shape index (κ1) is 23.6. The topological polar surface area (TPSA) is 72.2 Å². The SMILES string of the molecule is CN1CCC[C@@H](Oc2cc(N(Cc3ccccc3)C(=O)OC(C)(C)C)c3ncc(C4CC4)n3n2)C1. The van der Waals surface area contributed by atoms with Crippen LogP contribution >= 0.6 is 0 Å². The number of ether oxygens (including phenoxy) is 2. The van der Waals surface area contributed by atoms with Gasteiger partial charge in [-0.1, -0.05) is 30.3 Å². The van der Waals surface area contributed by atoms with Gasteiger partial charge in [0.25, 0.3) is 0 Å². The van der Waals surface area contributed by atoms with E-state index in [9.17, 15) is 4.79 Å². The molecule has 0 N–H and O–H groups in total. The minimum atomic E-state index is -0.629. The summed E-state index contributed by atoms with van der Waals surface area (Å²) < 4.78 is 14.1. The highest BCUT2D eigenvalue weighted by Crippen LogP contribution is 2.41. The van der Waals surface area contributed by atoms with Crippen LogP contribution in [0.3, 0.4) is 0 Å². The van der Waals surface area contributed by atoms with Crippen molar-refractivity contribution in [2.24, 2.45) is 0 Å². The molecule has 1 aromatic carbocycles. The number of carbonyl (C=O) groups excluding carboxylic acids is 1. The highest BCUT2D eigenvalue weighted by atomic mass is 16.6. The molecule has 5 rings (SSSR count). The Kier molecular flexibility index (Phi) is 6.40. The lowest BCUT2D eigenvalue weighted by atomic mass is 10.1. The summed E-state index contributed by atoms with van der Waals surface area (Å²) in [6.45, 7) is 7.92. The molecule has 1 saturated carbocycles. The maximum absolute atomic E-state index is 13.5. The van der Waals surface area contributed by atoms with E-state index in [-0.39, 0.29) is 6.10 Å². The van der Waals surface area contributed by atoms with Gasteiger partial charge in [0, 0.05) is 18.5 Å². The van der Waals surface area contributed by atoms with Crippen LogP contribution in [0.2, 0.25) is 0 Å². The zero-order valence-electron chi connectivity index (χ0n) is 21.1. The third-order valence-electron chi connectivity index (χ3n) is 6.40. The van der Waals surface area contributed by atoms with Crippen LogP contribution in [0, 0.1) is 0 Å². The second kappa shape index (κ2) is 9.49. The molecule has 8 nitrogen and oxygen atoms in total. The van der Waals surface area contributed by atoms with Crippen LogP contribution in [-0.4, -0.2) is 57.4 Å². The van der Waals surface area contributed by atoms with Gasteiger partial charge in [-0.3, -0.25) is 4.90 Å². The summed E-state index contributed by atoms with van der Waals surface area (Å²) >= 11 is 0. The number of benzene rings is 1. The Morgan fingerprint density at radius 1 is 1.17 bits per heavy atom. The monoisotopic (exact) mass is 477 g/mol. The number of carbonyl (C=O) groups is 1. The van der Waals surface area contributed by atoms with Crippen molar-refractivity contribution in [1.29, 1.82) is 0 Å². The summed E-state index contributed by atoms with van der Waals surface area (Å²) in [7, 11) is 2.11. The maximum Gasteiger partial charge on any atom is 0.415 e. The number of likely N-dealkylation sites (tertiary alicyclic amines) is 1. The molecule has 1 atom stereocenters. The first-order valence-corrected chi connectivity index (χ1v) is 12.5. The summed E-state index contributed by atoms with van der Waals surface area (Å²) in [5.41, 5.74) is 2.72. The Balaban J connectivity index is 1.57. The van der Waals surface area contributed by atoms with Crippen LogP contribution < -0.4 is 9.64 Å². The average Bonchev–Trinajstić information content (AvgIpc) is 3.55. The van der Waals surface area contributed by atoms with Crippen molar-refractivity contribution in [3.63, 3.8) is 0 Å². The van der Waals surface area contributed by atoms with Gasteiger partial charge in [0.15, 0.2) is 5.65 Å². The van der Waals surface area contributed by atoms with E-state index in [4.69, 9.17) is 19.6 Å². The highest BCUT2D eigenvalue weighted by Gasteiger charge is 2.32. The Hall–Kier alpha value is -3.13. The number of likely N-dealkylation sites (N-methyl/N-ethyl adjacent to an activating group) is 1. The summed E-state index contributed by atoms with van der Waals surface area (Å²) in [4.78, 5) is 22.1. The highest BCUT2D eigenvalue weighted by molar-refractivity contribution is 5.92. The van der Waals surface area contributed by atoms with Gasteiger partial charge in [-0.2, -0.15) is 0 Å². The number of piperidine rings is 1. The summed E-state index contributed by atoms with van der Waals surface area (Å²) in [6.07, 6.45) is 5.85. The number of anilines is 1. The van der Waals surface area contributed by atoms with Gasteiger partial charge in [-0.15, -0.1) is 5.10 Å². The third-order valence-corrected chi connectivity index (χ3v) is 6.40. The number of hydrogen-bond donors (Lipinski definition) is 0. The van der Waals surface area contributed by atoms with E-state index in [1.807, 2.05) is 67.9 Å². The van der Waals surface area contributed by atoms with Crippen LogP contribution in [0.5, 0.6) is 5.88 Å². The number of amides is 1. The minimum absolute atomic E-state index is 0.0588. The molecule has 1 saturated heterocycles. The molecule has 186 valence electrons. The molecule has 3 aromatic rings. The van der Waals surface area contributed by atoms with Crippen molar-refractivity contribution in [3.8, 4) is 5.88 Å². The zero-order valence-corrected chi connectivity index (χ0v) is 21.1. The van der Waals surface area contributed by atoms with Gasteiger partial charge in [0.05, 0.1) is 24.1 Å². The second-order valence-corrected chi connectivity index (χ2v) is 10.8.